The van der Waals surface area contributed by atoms with Gasteiger partial charge in [-0.15, -0.1) is 0 Å². The smallest absolute Gasteiger partial charge is 0.239 e. The molecule has 0 aromatic heterocycles. The number of piperidine rings is 1. The highest BCUT2D eigenvalue weighted by molar-refractivity contribution is 5.82. The Morgan fingerprint density at radius 1 is 1.19 bits per heavy atom. The molecule has 0 spiro atoms. The third kappa shape index (κ3) is 4.97. The minimum absolute atomic E-state index is 0.0122. The van der Waals surface area contributed by atoms with E-state index in [4.69, 9.17) is 0 Å². The molecule has 120 valence electrons. The van der Waals surface area contributed by atoms with Gasteiger partial charge in [-0.3, -0.25) is 14.5 Å². The lowest BCUT2D eigenvalue weighted by atomic mass is 10.0. The zero-order valence-corrected chi connectivity index (χ0v) is 13.1. The van der Waals surface area contributed by atoms with E-state index < -0.39 is 0 Å². The third-order valence-corrected chi connectivity index (χ3v) is 4.23. The number of rotatable bonds is 5. The van der Waals surface area contributed by atoms with E-state index in [9.17, 15) is 9.59 Å². The minimum Gasteiger partial charge on any atom is -0.355 e. The predicted octanol–water partition coefficient (Wildman–Crippen LogP) is -0.201. The second kappa shape index (κ2) is 8.34. The van der Waals surface area contributed by atoms with Crippen LogP contribution in [0.5, 0.6) is 0 Å². The van der Waals surface area contributed by atoms with Crippen molar-refractivity contribution in [1.29, 1.82) is 0 Å². The van der Waals surface area contributed by atoms with Gasteiger partial charge < -0.3 is 15.5 Å². The lowest BCUT2D eigenvalue weighted by Gasteiger charge is -2.37. The van der Waals surface area contributed by atoms with Gasteiger partial charge >= 0.3 is 0 Å². The first-order chi connectivity index (χ1) is 10.2. The lowest BCUT2D eigenvalue weighted by molar-refractivity contribution is -0.136. The lowest BCUT2D eigenvalue weighted by Crippen LogP contribution is -2.56. The van der Waals surface area contributed by atoms with Crippen molar-refractivity contribution in [2.24, 2.45) is 0 Å². The van der Waals surface area contributed by atoms with Crippen LogP contribution in [0, 0.1) is 0 Å². The van der Waals surface area contributed by atoms with Gasteiger partial charge in [0.05, 0.1) is 12.6 Å². The van der Waals surface area contributed by atoms with Crippen molar-refractivity contribution in [2.45, 2.75) is 38.6 Å². The number of hydrogen-bond donors (Lipinski definition) is 2. The van der Waals surface area contributed by atoms with Gasteiger partial charge in [0, 0.05) is 32.7 Å². The quantitative estimate of drug-likeness (QED) is 0.737. The topological polar surface area (TPSA) is 64.7 Å². The minimum atomic E-state index is 0.0122. The number of nitrogens with zero attached hydrogens (tertiary/aromatic N) is 2. The van der Waals surface area contributed by atoms with Crippen molar-refractivity contribution < 1.29 is 9.59 Å². The Morgan fingerprint density at radius 3 is 2.57 bits per heavy atom. The van der Waals surface area contributed by atoms with E-state index in [1.807, 2.05) is 11.8 Å². The third-order valence-electron chi connectivity index (χ3n) is 4.23. The van der Waals surface area contributed by atoms with Crippen LogP contribution in [0.3, 0.4) is 0 Å². The van der Waals surface area contributed by atoms with E-state index in [1.54, 1.807) is 0 Å². The summed E-state index contributed by atoms with van der Waals surface area (Å²) in [4.78, 5) is 28.2. The van der Waals surface area contributed by atoms with E-state index >= 15 is 0 Å². The molecule has 21 heavy (non-hydrogen) atoms. The molecule has 0 aromatic rings. The zero-order valence-electron chi connectivity index (χ0n) is 13.1. The van der Waals surface area contributed by atoms with Gasteiger partial charge in [0.1, 0.15) is 0 Å². The molecule has 6 heteroatoms. The molecule has 2 amide bonds. The largest absolute Gasteiger partial charge is 0.355 e. The number of hydrogen-bond acceptors (Lipinski definition) is 4. The summed E-state index contributed by atoms with van der Waals surface area (Å²) in [5.41, 5.74) is 0. The Labute approximate surface area is 127 Å². The molecular weight excluding hydrogens is 268 g/mol. The van der Waals surface area contributed by atoms with Crippen LogP contribution >= 0.6 is 0 Å². The summed E-state index contributed by atoms with van der Waals surface area (Å²) in [6, 6.07) is 0.0122. The van der Waals surface area contributed by atoms with Gasteiger partial charge in [-0.25, -0.2) is 0 Å². The molecule has 0 saturated carbocycles. The van der Waals surface area contributed by atoms with E-state index in [1.165, 1.54) is 6.42 Å². The molecule has 0 bridgehead atoms. The standard InChI is InChI=1S/C15H28N4O2/c1-2-6-17-14(20)12-18-8-10-19(11-9-18)15(21)13-5-3-4-7-16-13/h13,16H,2-12H2,1H3,(H,17,20)/t13-/m1/s1. The highest BCUT2D eigenvalue weighted by atomic mass is 16.2. The molecule has 2 rings (SSSR count). The summed E-state index contributed by atoms with van der Waals surface area (Å²) in [5.74, 6) is 0.329. The van der Waals surface area contributed by atoms with Crippen LogP contribution in [0.4, 0.5) is 0 Å². The van der Waals surface area contributed by atoms with Gasteiger partial charge in [-0.05, 0) is 25.8 Å². The molecule has 1 atom stereocenters. The summed E-state index contributed by atoms with van der Waals surface area (Å²) in [7, 11) is 0. The fourth-order valence-corrected chi connectivity index (χ4v) is 2.93. The predicted molar refractivity (Wildman–Crippen MR) is 82.0 cm³/mol. The monoisotopic (exact) mass is 296 g/mol. The van der Waals surface area contributed by atoms with E-state index in [0.29, 0.717) is 6.54 Å². The average Bonchev–Trinajstić information content (AvgIpc) is 2.54. The zero-order chi connectivity index (χ0) is 15.1. The van der Waals surface area contributed by atoms with E-state index in [2.05, 4.69) is 15.5 Å². The molecule has 0 aliphatic carbocycles. The first kappa shape index (κ1) is 16.2. The Kier molecular flexibility index (Phi) is 6.45. The number of piperazine rings is 1. The summed E-state index contributed by atoms with van der Waals surface area (Å²) in [5, 5.41) is 6.21. The average molecular weight is 296 g/mol. The Morgan fingerprint density at radius 2 is 1.95 bits per heavy atom. The Hall–Kier alpha value is -1.14. The van der Waals surface area contributed by atoms with Gasteiger partial charge in [-0.2, -0.15) is 0 Å². The van der Waals surface area contributed by atoms with Crippen LogP contribution in [-0.4, -0.2) is 73.5 Å². The molecule has 2 fully saturated rings. The van der Waals surface area contributed by atoms with Crippen LogP contribution in [0.2, 0.25) is 0 Å². The summed E-state index contributed by atoms with van der Waals surface area (Å²) in [6.45, 7) is 7.23. The van der Waals surface area contributed by atoms with E-state index in [0.717, 1.165) is 58.5 Å². The molecule has 0 unspecified atom stereocenters. The van der Waals surface area contributed by atoms with Crippen molar-refractivity contribution >= 4 is 11.8 Å². The fourth-order valence-electron chi connectivity index (χ4n) is 2.93. The van der Waals surface area contributed by atoms with Crippen LogP contribution in [0.1, 0.15) is 32.6 Å². The normalized spacial score (nSPS) is 23.9. The number of amides is 2. The Balaban J connectivity index is 1.70. The highest BCUT2D eigenvalue weighted by Crippen LogP contribution is 2.11. The van der Waals surface area contributed by atoms with Gasteiger partial charge in [0.15, 0.2) is 0 Å². The summed E-state index contributed by atoms with van der Waals surface area (Å²) >= 11 is 0. The summed E-state index contributed by atoms with van der Waals surface area (Å²) < 4.78 is 0. The molecular formula is C15H28N4O2. The first-order valence-corrected chi connectivity index (χ1v) is 8.22. The molecule has 2 heterocycles. The van der Waals surface area contributed by atoms with Crippen molar-refractivity contribution in [3.63, 3.8) is 0 Å². The van der Waals surface area contributed by atoms with Crippen LogP contribution < -0.4 is 10.6 Å². The first-order valence-electron chi connectivity index (χ1n) is 8.22. The molecule has 2 N–H and O–H groups in total. The maximum atomic E-state index is 12.4. The number of carbonyl (C=O) groups is 2. The molecule has 2 aliphatic heterocycles. The Bertz CT molecular complexity index is 348. The van der Waals surface area contributed by atoms with Crippen LogP contribution in [-0.2, 0) is 9.59 Å². The SMILES string of the molecule is CCCNC(=O)CN1CCN(C(=O)[C@H]2CCCCN2)CC1. The fraction of sp³-hybridized carbons (Fsp3) is 0.867. The molecule has 0 aromatic carbocycles. The number of carbonyl (C=O) groups excluding carboxylic acids is 2. The maximum Gasteiger partial charge on any atom is 0.239 e. The second-order valence-electron chi connectivity index (χ2n) is 5.95. The van der Waals surface area contributed by atoms with Crippen molar-refractivity contribution in [1.82, 2.24) is 20.4 Å². The molecule has 6 nitrogen and oxygen atoms in total. The van der Waals surface area contributed by atoms with Crippen LogP contribution in [0.25, 0.3) is 0 Å². The summed E-state index contributed by atoms with van der Waals surface area (Å²) in [6.07, 6.45) is 4.23. The highest BCUT2D eigenvalue weighted by Gasteiger charge is 2.28. The molecule has 2 saturated heterocycles. The van der Waals surface area contributed by atoms with Crippen LogP contribution in [0.15, 0.2) is 0 Å². The van der Waals surface area contributed by atoms with Crippen molar-refractivity contribution in [2.75, 3.05) is 45.8 Å². The van der Waals surface area contributed by atoms with Crippen molar-refractivity contribution in [3.8, 4) is 0 Å². The number of nitrogens with one attached hydrogen (secondary N) is 2. The maximum absolute atomic E-state index is 12.4. The van der Waals surface area contributed by atoms with Gasteiger partial charge in [0.2, 0.25) is 11.8 Å². The van der Waals surface area contributed by atoms with E-state index in [-0.39, 0.29) is 17.9 Å². The van der Waals surface area contributed by atoms with Crippen molar-refractivity contribution in [3.05, 3.63) is 0 Å². The second-order valence-corrected chi connectivity index (χ2v) is 5.95. The van der Waals surface area contributed by atoms with Gasteiger partial charge in [0.25, 0.3) is 0 Å². The van der Waals surface area contributed by atoms with Gasteiger partial charge in [-0.1, -0.05) is 13.3 Å². The molecule has 0 radical (unpaired) electrons. The molecule has 2 aliphatic rings.